The highest BCUT2D eigenvalue weighted by Gasteiger charge is 2.19. The van der Waals surface area contributed by atoms with Crippen LogP contribution in [0.5, 0.6) is 0 Å². The molecule has 1 atom stereocenters. The van der Waals surface area contributed by atoms with E-state index in [9.17, 15) is 0 Å². The third kappa shape index (κ3) is 3.11. The minimum absolute atomic E-state index is 0.191. The van der Waals surface area contributed by atoms with Gasteiger partial charge in [0.2, 0.25) is 0 Å². The fraction of sp³-hybridized carbons (Fsp3) is 0.412. The molecule has 0 saturated heterocycles. The maximum absolute atomic E-state index is 6.21. The van der Waals surface area contributed by atoms with Crippen molar-refractivity contribution in [2.75, 3.05) is 0 Å². The molecule has 96 valence electrons. The first-order chi connectivity index (χ1) is 8.47. The Hall–Kier alpha value is -1.34. The Bertz CT molecular complexity index is 522. The zero-order chi connectivity index (χ0) is 13.2. The number of nitrogens with two attached hydrogens (primary N) is 1. The van der Waals surface area contributed by atoms with Crippen molar-refractivity contribution in [1.82, 2.24) is 0 Å². The molecule has 2 aromatic rings. The molecule has 0 aliphatic rings. The SMILES string of the molecule is CC(C)(C)C(N)CCc1ccc2ccccc2c1. The molecule has 18 heavy (non-hydrogen) atoms. The Kier molecular flexibility index (Phi) is 3.72. The molecule has 1 heteroatoms. The highest BCUT2D eigenvalue weighted by molar-refractivity contribution is 5.82. The molecule has 0 radical (unpaired) electrons. The molecule has 2 N–H and O–H groups in total. The van der Waals surface area contributed by atoms with Crippen LogP contribution in [-0.2, 0) is 6.42 Å². The second kappa shape index (κ2) is 5.11. The van der Waals surface area contributed by atoms with Crippen LogP contribution < -0.4 is 5.73 Å². The van der Waals surface area contributed by atoms with Gasteiger partial charge in [-0.15, -0.1) is 0 Å². The van der Waals surface area contributed by atoms with Crippen molar-refractivity contribution in [3.05, 3.63) is 48.0 Å². The first-order valence-electron chi connectivity index (χ1n) is 6.70. The molecule has 0 aliphatic heterocycles. The van der Waals surface area contributed by atoms with E-state index in [1.807, 2.05) is 0 Å². The average molecular weight is 241 g/mol. The van der Waals surface area contributed by atoms with E-state index in [1.54, 1.807) is 0 Å². The lowest BCUT2D eigenvalue weighted by atomic mass is 9.84. The topological polar surface area (TPSA) is 26.0 Å². The van der Waals surface area contributed by atoms with Gasteiger partial charge in [0.25, 0.3) is 0 Å². The van der Waals surface area contributed by atoms with Gasteiger partial charge in [0.05, 0.1) is 0 Å². The highest BCUT2D eigenvalue weighted by atomic mass is 14.7. The van der Waals surface area contributed by atoms with Crippen molar-refractivity contribution >= 4 is 10.8 Å². The number of fused-ring (bicyclic) bond motifs is 1. The van der Waals surface area contributed by atoms with E-state index >= 15 is 0 Å². The summed E-state index contributed by atoms with van der Waals surface area (Å²) in [5.74, 6) is 0. The number of benzene rings is 2. The van der Waals surface area contributed by atoms with Crippen LogP contribution in [0.3, 0.4) is 0 Å². The molecule has 0 spiro atoms. The smallest absolute Gasteiger partial charge is 0.00908 e. The first-order valence-corrected chi connectivity index (χ1v) is 6.70. The lowest BCUT2D eigenvalue weighted by Crippen LogP contribution is -2.35. The van der Waals surface area contributed by atoms with Crippen LogP contribution in [0.1, 0.15) is 32.8 Å². The summed E-state index contributed by atoms with van der Waals surface area (Å²) in [6.45, 7) is 6.62. The molecule has 1 nitrogen and oxygen atoms in total. The second-order valence-electron chi connectivity index (χ2n) is 6.19. The number of rotatable bonds is 3. The summed E-state index contributed by atoms with van der Waals surface area (Å²) >= 11 is 0. The maximum Gasteiger partial charge on any atom is 0.00908 e. The molecule has 0 bridgehead atoms. The summed E-state index contributed by atoms with van der Waals surface area (Å²) in [6, 6.07) is 15.5. The van der Waals surface area contributed by atoms with E-state index in [0.29, 0.717) is 0 Å². The van der Waals surface area contributed by atoms with Gasteiger partial charge in [-0.25, -0.2) is 0 Å². The van der Waals surface area contributed by atoms with E-state index in [1.165, 1.54) is 16.3 Å². The van der Waals surface area contributed by atoms with Crippen molar-refractivity contribution in [2.24, 2.45) is 11.1 Å². The van der Waals surface area contributed by atoms with Crippen molar-refractivity contribution in [3.63, 3.8) is 0 Å². The van der Waals surface area contributed by atoms with Crippen LogP contribution in [0, 0.1) is 5.41 Å². The minimum Gasteiger partial charge on any atom is -0.327 e. The fourth-order valence-electron chi connectivity index (χ4n) is 2.15. The van der Waals surface area contributed by atoms with Crippen LogP contribution >= 0.6 is 0 Å². The van der Waals surface area contributed by atoms with Gasteiger partial charge in [0.1, 0.15) is 0 Å². The summed E-state index contributed by atoms with van der Waals surface area (Å²) < 4.78 is 0. The van der Waals surface area contributed by atoms with Crippen LogP contribution in [0.2, 0.25) is 0 Å². The van der Waals surface area contributed by atoms with E-state index < -0.39 is 0 Å². The fourth-order valence-corrected chi connectivity index (χ4v) is 2.15. The Morgan fingerprint density at radius 3 is 2.33 bits per heavy atom. The Morgan fingerprint density at radius 2 is 1.67 bits per heavy atom. The van der Waals surface area contributed by atoms with Crippen molar-refractivity contribution < 1.29 is 0 Å². The monoisotopic (exact) mass is 241 g/mol. The molecule has 1 unspecified atom stereocenters. The normalized spacial score (nSPS) is 13.8. The van der Waals surface area contributed by atoms with Crippen LogP contribution in [0.15, 0.2) is 42.5 Å². The van der Waals surface area contributed by atoms with E-state index in [2.05, 4.69) is 63.2 Å². The zero-order valence-corrected chi connectivity index (χ0v) is 11.6. The molecular formula is C17H23N. The quantitative estimate of drug-likeness (QED) is 0.858. The van der Waals surface area contributed by atoms with E-state index in [-0.39, 0.29) is 11.5 Å². The molecule has 0 heterocycles. The summed E-state index contributed by atoms with van der Waals surface area (Å²) in [5.41, 5.74) is 7.79. The lowest BCUT2D eigenvalue weighted by Gasteiger charge is -2.27. The zero-order valence-electron chi connectivity index (χ0n) is 11.6. The van der Waals surface area contributed by atoms with Gasteiger partial charge in [0, 0.05) is 6.04 Å². The number of hydrogen-bond donors (Lipinski definition) is 1. The maximum atomic E-state index is 6.21. The summed E-state index contributed by atoms with van der Waals surface area (Å²) in [5, 5.41) is 2.63. The number of hydrogen-bond acceptors (Lipinski definition) is 1. The van der Waals surface area contributed by atoms with Crippen molar-refractivity contribution in [2.45, 2.75) is 39.7 Å². The molecule has 0 fully saturated rings. The number of aryl methyl sites for hydroxylation is 1. The molecule has 0 aliphatic carbocycles. The van der Waals surface area contributed by atoms with Gasteiger partial charge in [0.15, 0.2) is 0 Å². The first kappa shape index (κ1) is 13.1. The second-order valence-corrected chi connectivity index (χ2v) is 6.19. The predicted octanol–water partition coefficient (Wildman–Crippen LogP) is 4.15. The highest BCUT2D eigenvalue weighted by Crippen LogP contribution is 2.22. The third-order valence-electron chi connectivity index (χ3n) is 3.67. The Labute approximate surface area is 110 Å². The van der Waals surface area contributed by atoms with Gasteiger partial charge in [-0.05, 0) is 34.6 Å². The third-order valence-corrected chi connectivity index (χ3v) is 3.67. The molecule has 0 amide bonds. The molecule has 0 saturated carbocycles. The van der Waals surface area contributed by atoms with Crippen molar-refractivity contribution in [3.8, 4) is 0 Å². The van der Waals surface area contributed by atoms with Gasteiger partial charge >= 0.3 is 0 Å². The standard InChI is InChI=1S/C17H23N/c1-17(2,3)16(18)11-9-13-8-10-14-6-4-5-7-15(14)12-13/h4-8,10,12,16H,9,11,18H2,1-3H3. The Morgan fingerprint density at radius 1 is 1.00 bits per heavy atom. The van der Waals surface area contributed by atoms with Gasteiger partial charge in [-0.1, -0.05) is 63.2 Å². The van der Waals surface area contributed by atoms with Crippen LogP contribution in [0.25, 0.3) is 10.8 Å². The molecule has 2 rings (SSSR count). The summed E-state index contributed by atoms with van der Waals surface area (Å²) in [4.78, 5) is 0. The van der Waals surface area contributed by atoms with Crippen molar-refractivity contribution in [1.29, 1.82) is 0 Å². The van der Waals surface area contributed by atoms with Gasteiger partial charge < -0.3 is 5.73 Å². The van der Waals surface area contributed by atoms with Crippen LogP contribution in [-0.4, -0.2) is 6.04 Å². The summed E-state index contributed by atoms with van der Waals surface area (Å²) in [6.07, 6.45) is 2.10. The predicted molar refractivity (Wildman–Crippen MR) is 79.7 cm³/mol. The van der Waals surface area contributed by atoms with Crippen LogP contribution in [0.4, 0.5) is 0 Å². The van der Waals surface area contributed by atoms with Gasteiger partial charge in [-0.2, -0.15) is 0 Å². The minimum atomic E-state index is 0.191. The van der Waals surface area contributed by atoms with E-state index in [0.717, 1.165) is 12.8 Å². The van der Waals surface area contributed by atoms with E-state index in [4.69, 9.17) is 5.73 Å². The lowest BCUT2D eigenvalue weighted by molar-refractivity contribution is 0.306. The molecular weight excluding hydrogens is 218 g/mol. The Balaban J connectivity index is 2.08. The largest absolute Gasteiger partial charge is 0.327 e. The molecule has 0 aromatic heterocycles. The van der Waals surface area contributed by atoms with Gasteiger partial charge in [-0.3, -0.25) is 0 Å². The summed E-state index contributed by atoms with van der Waals surface area (Å²) in [7, 11) is 0. The average Bonchev–Trinajstić information content (AvgIpc) is 2.34. The molecule has 2 aromatic carbocycles.